The molecule has 0 amide bonds. The normalized spacial score (nSPS) is 10.7. The van der Waals surface area contributed by atoms with Gasteiger partial charge in [-0.3, -0.25) is 0 Å². The van der Waals surface area contributed by atoms with Crippen LogP contribution in [0.1, 0.15) is 26.7 Å². The monoisotopic (exact) mass is 253 g/mol. The van der Waals surface area contributed by atoms with Gasteiger partial charge in [0.2, 0.25) is 5.88 Å². The number of methoxy groups -OCH3 is 1. The molecule has 0 fully saturated rings. The van der Waals surface area contributed by atoms with E-state index >= 15 is 0 Å². The SMILES string of the molecule is CCC(CC)N(CCO)c1ccc(N)c(OC)n1. The van der Waals surface area contributed by atoms with Gasteiger partial charge in [0.25, 0.3) is 0 Å². The zero-order valence-corrected chi connectivity index (χ0v) is 11.4. The van der Waals surface area contributed by atoms with Crippen molar-refractivity contribution < 1.29 is 9.84 Å². The predicted molar refractivity (Wildman–Crippen MR) is 74.0 cm³/mol. The summed E-state index contributed by atoms with van der Waals surface area (Å²) in [5, 5.41) is 9.19. The minimum absolute atomic E-state index is 0.102. The van der Waals surface area contributed by atoms with Gasteiger partial charge in [-0.1, -0.05) is 13.8 Å². The van der Waals surface area contributed by atoms with E-state index in [-0.39, 0.29) is 6.61 Å². The van der Waals surface area contributed by atoms with Crippen molar-refractivity contribution in [3.05, 3.63) is 12.1 Å². The summed E-state index contributed by atoms with van der Waals surface area (Å²) in [5.41, 5.74) is 6.28. The number of aromatic nitrogens is 1. The molecule has 0 aliphatic rings. The van der Waals surface area contributed by atoms with Crippen LogP contribution in [-0.2, 0) is 0 Å². The van der Waals surface area contributed by atoms with Crippen LogP contribution in [0.3, 0.4) is 0 Å². The van der Waals surface area contributed by atoms with Crippen LogP contribution in [-0.4, -0.2) is 36.4 Å². The zero-order valence-electron chi connectivity index (χ0n) is 11.4. The summed E-state index contributed by atoms with van der Waals surface area (Å²) in [7, 11) is 1.55. The molecular weight excluding hydrogens is 230 g/mol. The highest BCUT2D eigenvalue weighted by Gasteiger charge is 2.17. The van der Waals surface area contributed by atoms with E-state index in [9.17, 15) is 5.11 Å². The van der Waals surface area contributed by atoms with E-state index in [4.69, 9.17) is 10.5 Å². The van der Waals surface area contributed by atoms with Crippen molar-refractivity contribution in [1.29, 1.82) is 0 Å². The molecule has 0 atom stereocenters. The van der Waals surface area contributed by atoms with E-state index in [2.05, 4.69) is 23.7 Å². The molecule has 0 radical (unpaired) electrons. The summed E-state index contributed by atoms with van der Waals surface area (Å²) >= 11 is 0. The predicted octanol–water partition coefficient (Wildman–Crippen LogP) is 1.66. The van der Waals surface area contributed by atoms with Crippen molar-refractivity contribution in [2.75, 3.05) is 30.9 Å². The van der Waals surface area contributed by atoms with Gasteiger partial charge < -0.3 is 20.5 Å². The van der Waals surface area contributed by atoms with Crippen molar-refractivity contribution >= 4 is 11.5 Å². The van der Waals surface area contributed by atoms with Crippen molar-refractivity contribution in [2.45, 2.75) is 32.7 Å². The van der Waals surface area contributed by atoms with Crippen LogP contribution in [0.4, 0.5) is 11.5 Å². The number of nitrogen functional groups attached to an aromatic ring is 1. The van der Waals surface area contributed by atoms with Gasteiger partial charge in [-0.15, -0.1) is 0 Å². The maximum Gasteiger partial charge on any atom is 0.238 e. The van der Waals surface area contributed by atoms with Crippen molar-refractivity contribution in [1.82, 2.24) is 4.98 Å². The largest absolute Gasteiger partial charge is 0.479 e. The number of pyridine rings is 1. The van der Waals surface area contributed by atoms with Gasteiger partial charge >= 0.3 is 0 Å². The Labute approximate surface area is 109 Å². The van der Waals surface area contributed by atoms with E-state index in [1.165, 1.54) is 0 Å². The lowest BCUT2D eigenvalue weighted by molar-refractivity contribution is 0.295. The van der Waals surface area contributed by atoms with Gasteiger partial charge in [0.15, 0.2) is 0 Å². The summed E-state index contributed by atoms with van der Waals surface area (Å²) in [6.07, 6.45) is 2.01. The minimum atomic E-state index is 0.102. The smallest absolute Gasteiger partial charge is 0.238 e. The molecule has 102 valence electrons. The summed E-state index contributed by atoms with van der Waals surface area (Å²) in [6, 6.07) is 4.01. The minimum Gasteiger partial charge on any atom is -0.479 e. The second-order valence-corrected chi connectivity index (χ2v) is 4.16. The Morgan fingerprint density at radius 1 is 1.39 bits per heavy atom. The lowest BCUT2D eigenvalue weighted by Crippen LogP contribution is -2.37. The Bertz CT molecular complexity index is 367. The number of hydrogen-bond acceptors (Lipinski definition) is 5. The number of ether oxygens (including phenoxy) is 1. The van der Waals surface area contributed by atoms with Gasteiger partial charge in [-0.05, 0) is 25.0 Å². The van der Waals surface area contributed by atoms with Crippen molar-refractivity contribution in [3.63, 3.8) is 0 Å². The molecule has 0 saturated carbocycles. The van der Waals surface area contributed by atoms with E-state index in [1.54, 1.807) is 13.2 Å². The number of hydrogen-bond donors (Lipinski definition) is 2. The molecule has 5 heteroatoms. The van der Waals surface area contributed by atoms with Crippen LogP contribution < -0.4 is 15.4 Å². The third-order valence-corrected chi connectivity index (χ3v) is 3.09. The van der Waals surface area contributed by atoms with E-state index in [0.29, 0.717) is 24.2 Å². The standard InChI is InChI=1S/C13H23N3O2/c1-4-10(5-2)16(8-9-17)12-7-6-11(14)13(15-12)18-3/h6-7,10,17H,4-5,8-9,14H2,1-3H3. The molecule has 0 aliphatic heterocycles. The van der Waals surface area contributed by atoms with Crippen LogP contribution in [0, 0.1) is 0 Å². The van der Waals surface area contributed by atoms with Crippen LogP contribution in [0.25, 0.3) is 0 Å². The summed E-state index contributed by atoms with van der Waals surface area (Å²) < 4.78 is 5.14. The second kappa shape index (κ2) is 7.06. The highest BCUT2D eigenvalue weighted by Crippen LogP contribution is 2.25. The third kappa shape index (κ3) is 3.26. The van der Waals surface area contributed by atoms with Gasteiger partial charge in [-0.2, -0.15) is 4.98 Å². The molecule has 1 heterocycles. The molecule has 0 saturated heterocycles. The molecule has 1 aromatic heterocycles. The Hall–Kier alpha value is -1.49. The quantitative estimate of drug-likeness (QED) is 0.773. The number of aliphatic hydroxyl groups is 1. The Morgan fingerprint density at radius 3 is 2.56 bits per heavy atom. The van der Waals surface area contributed by atoms with Crippen LogP contribution in [0.15, 0.2) is 12.1 Å². The molecule has 1 aromatic rings. The van der Waals surface area contributed by atoms with Gasteiger partial charge in [0.05, 0.1) is 19.4 Å². The van der Waals surface area contributed by atoms with E-state index in [0.717, 1.165) is 18.7 Å². The Morgan fingerprint density at radius 2 is 2.06 bits per heavy atom. The Balaban J connectivity index is 3.04. The van der Waals surface area contributed by atoms with Gasteiger partial charge in [0.1, 0.15) is 5.82 Å². The van der Waals surface area contributed by atoms with Crippen LogP contribution >= 0.6 is 0 Å². The average Bonchev–Trinajstić information content (AvgIpc) is 2.40. The maximum atomic E-state index is 9.19. The fourth-order valence-corrected chi connectivity index (χ4v) is 2.09. The maximum absolute atomic E-state index is 9.19. The summed E-state index contributed by atoms with van der Waals surface area (Å²) in [4.78, 5) is 6.49. The molecular formula is C13H23N3O2. The average molecular weight is 253 g/mol. The molecule has 0 bridgehead atoms. The fourth-order valence-electron chi connectivity index (χ4n) is 2.09. The lowest BCUT2D eigenvalue weighted by atomic mass is 10.1. The van der Waals surface area contributed by atoms with Crippen LogP contribution in [0.5, 0.6) is 5.88 Å². The van der Waals surface area contributed by atoms with E-state index in [1.807, 2.05) is 6.07 Å². The third-order valence-electron chi connectivity index (χ3n) is 3.09. The number of anilines is 2. The number of rotatable bonds is 7. The van der Waals surface area contributed by atoms with Crippen LogP contribution in [0.2, 0.25) is 0 Å². The fraction of sp³-hybridized carbons (Fsp3) is 0.615. The first kappa shape index (κ1) is 14.6. The molecule has 3 N–H and O–H groups in total. The first-order valence-corrected chi connectivity index (χ1v) is 6.35. The first-order valence-electron chi connectivity index (χ1n) is 6.35. The highest BCUT2D eigenvalue weighted by atomic mass is 16.5. The second-order valence-electron chi connectivity index (χ2n) is 4.16. The van der Waals surface area contributed by atoms with Crippen molar-refractivity contribution in [2.24, 2.45) is 0 Å². The first-order chi connectivity index (χ1) is 8.67. The Kier molecular flexibility index (Phi) is 5.71. The zero-order chi connectivity index (χ0) is 13.5. The molecule has 0 aliphatic carbocycles. The van der Waals surface area contributed by atoms with E-state index < -0.39 is 0 Å². The van der Waals surface area contributed by atoms with Gasteiger partial charge in [0, 0.05) is 12.6 Å². The van der Waals surface area contributed by atoms with Gasteiger partial charge in [-0.25, -0.2) is 0 Å². The molecule has 0 unspecified atom stereocenters. The number of nitrogens with zero attached hydrogens (tertiary/aromatic N) is 2. The molecule has 18 heavy (non-hydrogen) atoms. The molecule has 0 spiro atoms. The molecule has 5 nitrogen and oxygen atoms in total. The molecule has 0 aromatic carbocycles. The summed E-state index contributed by atoms with van der Waals surface area (Å²) in [5.74, 6) is 1.23. The van der Waals surface area contributed by atoms with Crippen molar-refractivity contribution in [3.8, 4) is 5.88 Å². The summed E-state index contributed by atoms with van der Waals surface area (Å²) in [6.45, 7) is 4.93. The topological polar surface area (TPSA) is 71.6 Å². The molecule has 1 rings (SSSR count). The lowest BCUT2D eigenvalue weighted by Gasteiger charge is -2.31. The number of nitrogens with two attached hydrogens (primary N) is 1. The highest BCUT2D eigenvalue weighted by molar-refractivity contribution is 5.54. The number of aliphatic hydroxyl groups excluding tert-OH is 1.